The van der Waals surface area contributed by atoms with E-state index in [0.717, 1.165) is 0 Å². The van der Waals surface area contributed by atoms with Crippen molar-refractivity contribution in [2.24, 2.45) is 28.1 Å². The number of aliphatic hydroxyl groups is 2. The predicted octanol–water partition coefficient (Wildman–Crippen LogP) is 2.78. The lowest BCUT2D eigenvalue weighted by Crippen LogP contribution is -2.75. The largest absolute Gasteiger partial charge is 0.460 e. The van der Waals surface area contributed by atoms with E-state index in [4.69, 9.17) is 37.4 Å². The van der Waals surface area contributed by atoms with Crippen LogP contribution in [0.3, 0.4) is 0 Å². The van der Waals surface area contributed by atoms with Crippen molar-refractivity contribution < 1.29 is 38.8 Å². The summed E-state index contributed by atoms with van der Waals surface area (Å²) in [5.41, 5.74) is -3.58. The second-order valence-corrected chi connectivity index (χ2v) is 12.5. The first-order chi connectivity index (χ1) is 16.6. The molecular weight excluding hydrogens is 511 g/mol. The quantitative estimate of drug-likeness (QED) is 0.313. The molecule has 0 radical (unpaired) electrons. The van der Waals surface area contributed by atoms with Gasteiger partial charge in [0, 0.05) is 23.7 Å². The third kappa shape index (κ3) is 3.54. The first kappa shape index (κ1) is 27.8. The van der Waals surface area contributed by atoms with Gasteiger partial charge in [-0.3, -0.25) is 14.4 Å². The van der Waals surface area contributed by atoms with Gasteiger partial charge >= 0.3 is 11.9 Å². The van der Waals surface area contributed by atoms with E-state index in [0.29, 0.717) is 17.8 Å². The van der Waals surface area contributed by atoms with Crippen LogP contribution in [0.4, 0.5) is 0 Å². The molecule has 9 atom stereocenters. The lowest BCUT2D eigenvalue weighted by atomic mass is 9.40. The van der Waals surface area contributed by atoms with Crippen LogP contribution in [-0.2, 0) is 28.6 Å². The van der Waals surface area contributed by atoms with Gasteiger partial charge in [-0.05, 0) is 36.8 Å². The van der Waals surface area contributed by atoms with Crippen LogP contribution in [0.1, 0.15) is 54.4 Å². The molecule has 8 nitrogen and oxygen atoms in total. The van der Waals surface area contributed by atoms with Crippen LogP contribution in [-0.4, -0.2) is 76.3 Å². The number of ether oxygens (including phenoxy) is 3. The summed E-state index contributed by atoms with van der Waals surface area (Å²) in [4.78, 5) is 39.6. The molecule has 1 aliphatic heterocycles. The van der Waals surface area contributed by atoms with E-state index in [1.54, 1.807) is 13.8 Å². The van der Waals surface area contributed by atoms with Gasteiger partial charge in [-0.2, -0.15) is 0 Å². The topological polar surface area (TPSA) is 119 Å². The highest BCUT2D eigenvalue weighted by Crippen LogP contribution is 2.67. The number of ketones is 1. The molecule has 2 bridgehead atoms. The third-order valence-corrected chi connectivity index (χ3v) is 10.4. The van der Waals surface area contributed by atoms with Gasteiger partial charge in [-0.25, -0.2) is 0 Å². The van der Waals surface area contributed by atoms with Gasteiger partial charge in [0.1, 0.15) is 17.9 Å². The summed E-state index contributed by atoms with van der Waals surface area (Å²) in [5, 5.41) is 23.5. The first-order valence-electron chi connectivity index (χ1n) is 12.4. The summed E-state index contributed by atoms with van der Waals surface area (Å²) in [5.74, 6) is -3.85. The molecule has 0 aromatic heterocycles. The number of aliphatic hydroxyl groups excluding tert-OH is 1. The highest BCUT2D eigenvalue weighted by molar-refractivity contribution is 6.26. The Kier molecular flexibility index (Phi) is 6.91. The second-order valence-electron chi connectivity index (χ2n) is 11.9. The lowest BCUT2D eigenvalue weighted by Gasteiger charge is -2.68. The summed E-state index contributed by atoms with van der Waals surface area (Å²) in [6.45, 7) is 11.3. The van der Waals surface area contributed by atoms with E-state index in [1.807, 2.05) is 27.7 Å². The first-order valence-corrected chi connectivity index (χ1v) is 13.5. The van der Waals surface area contributed by atoms with Crippen molar-refractivity contribution in [3.63, 3.8) is 0 Å². The maximum atomic E-state index is 14.7. The summed E-state index contributed by atoms with van der Waals surface area (Å²) >= 11 is 11.5. The smallest absolute Gasteiger partial charge is 0.321 e. The fraction of sp³-hybridized carbons (Fsp3) is 0.808. The fourth-order valence-electron chi connectivity index (χ4n) is 8.04. The Morgan fingerprint density at radius 2 is 1.69 bits per heavy atom. The van der Waals surface area contributed by atoms with Crippen LogP contribution < -0.4 is 0 Å². The Hall–Kier alpha value is -1.19. The Morgan fingerprint density at radius 3 is 2.22 bits per heavy atom. The molecule has 0 amide bonds. The number of esters is 2. The maximum Gasteiger partial charge on any atom is 0.321 e. The van der Waals surface area contributed by atoms with Crippen molar-refractivity contribution in [2.75, 3.05) is 18.4 Å². The second kappa shape index (κ2) is 8.94. The molecule has 0 aromatic carbocycles. The molecular formula is C26H36Cl2O8. The van der Waals surface area contributed by atoms with Crippen LogP contribution >= 0.6 is 23.2 Å². The Bertz CT molecular complexity index is 1010. The number of Topliss-reactive ketones (excluding diaryl/α,β-unsaturated/α-hetero) is 1. The van der Waals surface area contributed by atoms with E-state index in [1.165, 1.54) is 0 Å². The minimum atomic E-state index is -1.49. The minimum absolute atomic E-state index is 0.0428. The van der Waals surface area contributed by atoms with E-state index in [2.05, 4.69) is 0 Å². The van der Waals surface area contributed by atoms with Crippen LogP contribution in [0.15, 0.2) is 11.1 Å². The molecule has 4 aliphatic rings. The molecule has 0 spiro atoms. The van der Waals surface area contributed by atoms with Crippen molar-refractivity contribution in [2.45, 2.75) is 84.4 Å². The van der Waals surface area contributed by atoms with Crippen LogP contribution in [0.25, 0.3) is 0 Å². The molecule has 2 saturated carbocycles. The molecule has 10 heteroatoms. The SMILES string of the molecule is CC1=C2[C@@H](OC(=O)CCl)C(=O)[C@@]3(C)C(C(C)[C@](O)(C[C@@H]1O)C2(C)C)[C@]1(C)CO[C@@H]1C[C@@H]3OC(=O)CCl. The van der Waals surface area contributed by atoms with Crippen LogP contribution in [0, 0.1) is 28.1 Å². The van der Waals surface area contributed by atoms with E-state index in [-0.39, 0.29) is 24.8 Å². The van der Waals surface area contributed by atoms with Crippen LogP contribution in [0.2, 0.25) is 0 Å². The Labute approximate surface area is 221 Å². The number of carbonyl (C=O) groups excluding carboxylic acids is 3. The lowest BCUT2D eigenvalue weighted by molar-refractivity contribution is -0.303. The highest BCUT2D eigenvalue weighted by Gasteiger charge is 2.74. The Balaban J connectivity index is 2.02. The standard InChI is InChI=1S/C26H36Cl2O8/c1-12-14(29)8-26(33)13(2)21-24(5)11-34-15(24)7-16(35-17(30)9-27)25(21,6)22(32)20(36-18(31)10-28)19(12)23(26,3)4/h13-16,20-21,29,33H,7-11H2,1-6H3/t13?,14-,15+,16-,20+,21?,24+,25+,26+/m0/s1. The van der Waals surface area contributed by atoms with Gasteiger partial charge in [-0.1, -0.05) is 27.7 Å². The molecule has 2 N–H and O–H groups in total. The average Bonchev–Trinajstić information content (AvgIpc) is 2.81. The van der Waals surface area contributed by atoms with Crippen molar-refractivity contribution in [1.82, 2.24) is 0 Å². The van der Waals surface area contributed by atoms with Gasteiger partial charge in [0.05, 0.1) is 29.8 Å². The molecule has 3 aliphatic carbocycles. The highest BCUT2D eigenvalue weighted by atomic mass is 35.5. The van der Waals surface area contributed by atoms with Crippen LogP contribution in [0.5, 0.6) is 0 Å². The maximum absolute atomic E-state index is 14.7. The molecule has 4 rings (SSSR count). The van der Waals surface area contributed by atoms with Gasteiger partial charge in [-0.15, -0.1) is 23.2 Å². The van der Waals surface area contributed by atoms with E-state index in [9.17, 15) is 24.6 Å². The zero-order chi connectivity index (χ0) is 27.0. The molecule has 202 valence electrons. The van der Waals surface area contributed by atoms with Crippen molar-refractivity contribution >= 4 is 40.9 Å². The zero-order valence-electron chi connectivity index (χ0n) is 21.6. The number of hydrogen-bond acceptors (Lipinski definition) is 8. The predicted molar refractivity (Wildman–Crippen MR) is 131 cm³/mol. The Morgan fingerprint density at radius 1 is 1.11 bits per heavy atom. The van der Waals surface area contributed by atoms with Gasteiger partial charge in [0.15, 0.2) is 11.9 Å². The summed E-state index contributed by atoms with van der Waals surface area (Å²) < 4.78 is 17.4. The number of hydrogen-bond donors (Lipinski definition) is 2. The van der Waals surface area contributed by atoms with Crippen molar-refractivity contribution in [1.29, 1.82) is 0 Å². The fourth-order valence-corrected chi connectivity index (χ4v) is 8.17. The van der Waals surface area contributed by atoms with Gasteiger partial charge in [0.25, 0.3) is 0 Å². The summed E-state index contributed by atoms with van der Waals surface area (Å²) in [6.07, 6.45) is -3.38. The zero-order valence-corrected chi connectivity index (χ0v) is 23.1. The molecule has 2 unspecified atom stereocenters. The number of carbonyl (C=O) groups is 3. The number of halogens is 2. The third-order valence-electron chi connectivity index (χ3n) is 10.00. The number of fused-ring (bicyclic) bond motifs is 5. The van der Waals surface area contributed by atoms with E-state index < -0.39 is 75.6 Å². The van der Waals surface area contributed by atoms with Gasteiger partial charge < -0.3 is 24.4 Å². The number of rotatable bonds is 4. The normalized spacial score (nSPS) is 45.4. The molecule has 0 aromatic rings. The molecule has 3 fully saturated rings. The van der Waals surface area contributed by atoms with Crippen molar-refractivity contribution in [3.05, 3.63) is 11.1 Å². The molecule has 1 saturated heterocycles. The molecule has 1 heterocycles. The average molecular weight is 547 g/mol. The van der Waals surface area contributed by atoms with Gasteiger partial charge in [0.2, 0.25) is 0 Å². The monoisotopic (exact) mass is 546 g/mol. The van der Waals surface area contributed by atoms with E-state index >= 15 is 0 Å². The number of alkyl halides is 2. The molecule has 36 heavy (non-hydrogen) atoms. The summed E-state index contributed by atoms with van der Waals surface area (Å²) in [7, 11) is 0. The van der Waals surface area contributed by atoms with Crippen molar-refractivity contribution in [3.8, 4) is 0 Å². The minimum Gasteiger partial charge on any atom is -0.460 e. The summed E-state index contributed by atoms with van der Waals surface area (Å²) in [6, 6.07) is 0.